The van der Waals surface area contributed by atoms with E-state index in [4.69, 9.17) is 9.47 Å². The Balaban J connectivity index is 2.73. The fourth-order valence-electron chi connectivity index (χ4n) is 3.36. The standard InChI is InChI=1S/C18H31NO6/c1-4-24-18(25-5-2)13-10-14-8-6-7-9-15(14)16(19(21)22)11-12-17(20)23-3/h9,14,16,18H,4-8,10-13H2,1-3H3. The Bertz CT molecular complexity index is 445. The topological polar surface area (TPSA) is 87.9 Å². The first-order valence-corrected chi connectivity index (χ1v) is 9.16. The summed E-state index contributed by atoms with van der Waals surface area (Å²) in [6, 6.07) is -0.818. The minimum absolute atomic E-state index is 0.0622. The summed E-state index contributed by atoms with van der Waals surface area (Å²) in [5.41, 5.74) is 0.854. The lowest BCUT2D eigenvalue weighted by atomic mass is 9.80. The van der Waals surface area contributed by atoms with Gasteiger partial charge in [0.05, 0.1) is 13.5 Å². The van der Waals surface area contributed by atoms with Gasteiger partial charge in [0, 0.05) is 30.1 Å². The quantitative estimate of drug-likeness (QED) is 0.175. The number of hydrogen-bond donors (Lipinski definition) is 0. The summed E-state index contributed by atoms with van der Waals surface area (Å²) in [7, 11) is 1.30. The van der Waals surface area contributed by atoms with Crippen molar-refractivity contribution in [2.24, 2.45) is 5.92 Å². The summed E-state index contributed by atoms with van der Waals surface area (Å²) in [5.74, 6) is -0.266. The van der Waals surface area contributed by atoms with E-state index >= 15 is 0 Å². The number of methoxy groups -OCH3 is 1. The Morgan fingerprint density at radius 1 is 1.32 bits per heavy atom. The molecule has 25 heavy (non-hydrogen) atoms. The van der Waals surface area contributed by atoms with Gasteiger partial charge in [0.2, 0.25) is 6.04 Å². The van der Waals surface area contributed by atoms with Gasteiger partial charge in [-0.05, 0) is 51.9 Å². The van der Waals surface area contributed by atoms with Gasteiger partial charge in [-0.3, -0.25) is 14.9 Å². The van der Waals surface area contributed by atoms with Gasteiger partial charge in [-0.1, -0.05) is 6.08 Å². The highest BCUT2D eigenvalue weighted by Crippen LogP contribution is 2.34. The van der Waals surface area contributed by atoms with E-state index < -0.39 is 12.0 Å². The second kappa shape index (κ2) is 12.0. The van der Waals surface area contributed by atoms with E-state index in [1.54, 1.807) is 0 Å². The molecule has 0 aromatic rings. The predicted molar refractivity (Wildman–Crippen MR) is 93.7 cm³/mol. The van der Waals surface area contributed by atoms with Crippen LogP contribution >= 0.6 is 0 Å². The Kier molecular flexibility index (Phi) is 10.3. The number of rotatable bonds is 12. The molecule has 0 aromatic heterocycles. The van der Waals surface area contributed by atoms with Gasteiger partial charge < -0.3 is 14.2 Å². The van der Waals surface area contributed by atoms with E-state index in [-0.39, 0.29) is 30.0 Å². The molecule has 0 aliphatic heterocycles. The Morgan fingerprint density at radius 2 is 2.00 bits per heavy atom. The number of carbonyl (C=O) groups excluding carboxylic acids is 1. The molecular formula is C18H31NO6. The Hall–Kier alpha value is -1.47. The minimum atomic E-state index is -0.818. The molecule has 7 heteroatoms. The lowest BCUT2D eigenvalue weighted by Gasteiger charge is -2.27. The van der Waals surface area contributed by atoms with Crippen molar-refractivity contribution in [1.82, 2.24) is 0 Å². The first-order valence-electron chi connectivity index (χ1n) is 9.16. The van der Waals surface area contributed by atoms with E-state index in [2.05, 4.69) is 4.74 Å². The van der Waals surface area contributed by atoms with Crippen LogP contribution in [0.1, 0.15) is 58.8 Å². The molecule has 0 fully saturated rings. The fourth-order valence-corrected chi connectivity index (χ4v) is 3.36. The number of nitrogens with zero attached hydrogens (tertiary/aromatic N) is 1. The molecular weight excluding hydrogens is 326 g/mol. The van der Waals surface area contributed by atoms with Gasteiger partial charge in [-0.25, -0.2) is 0 Å². The van der Waals surface area contributed by atoms with Crippen LogP contribution in [0.25, 0.3) is 0 Å². The van der Waals surface area contributed by atoms with E-state index in [0.717, 1.165) is 31.3 Å². The van der Waals surface area contributed by atoms with Crippen molar-refractivity contribution >= 4 is 5.97 Å². The summed E-state index contributed by atoms with van der Waals surface area (Å²) in [6.45, 7) is 5.00. The smallest absolute Gasteiger partial charge is 0.305 e. The molecule has 1 aliphatic rings. The number of nitro groups is 1. The number of hydrogen-bond acceptors (Lipinski definition) is 6. The molecule has 0 bridgehead atoms. The van der Waals surface area contributed by atoms with E-state index in [1.165, 1.54) is 7.11 Å². The fraction of sp³-hybridized carbons (Fsp3) is 0.833. The molecule has 0 saturated carbocycles. The van der Waals surface area contributed by atoms with Crippen LogP contribution in [0.5, 0.6) is 0 Å². The second-order valence-corrected chi connectivity index (χ2v) is 6.17. The predicted octanol–water partition coefficient (Wildman–Crippen LogP) is 3.49. The van der Waals surface area contributed by atoms with Gasteiger partial charge in [-0.2, -0.15) is 0 Å². The highest BCUT2D eigenvalue weighted by Gasteiger charge is 2.33. The first kappa shape index (κ1) is 21.6. The zero-order valence-corrected chi connectivity index (χ0v) is 15.6. The maximum Gasteiger partial charge on any atom is 0.305 e. The number of carbonyl (C=O) groups is 1. The van der Waals surface area contributed by atoms with Crippen molar-refractivity contribution < 1.29 is 23.9 Å². The number of esters is 1. The Labute approximate surface area is 149 Å². The molecule has 0 spiro atoms. The molecule has 0 N–H and O–H groups in total. The maximum absolute atomic E-state index is 11.6. The molecule has 0 saturated heterocycles. The second-order valence-electron chi connectivity index (χ2n) is 6.17. The summed E-state index contributed by atoms with van der Waals surface area (Å²) in [4.78, 5) is 22.6. The van der Waals surface area contributed by atoms with Crippen LogP contribution in [-0.2, 0) is 19.0 Å². The summed E-state index contributed by atoms with van der Waals surface area (Å²) in [6.07, 6.45) is 6.30. The highest BCUT2D eigenvalue weighted by atomic mass is 16.7. The van der Waals surface area contributed by atoms with E-state index in [9.17, 15) is 14.9 Å². The monoisotopic (exact) mass is 357 g/mol. The van der Waals surface area contributed by atoms with Crippen molar-refractivity contribution in [1.29, 1.82) is 0 Å². The molecule has 2 atom stereocenters. The molecule has 2 unspecified atom stereocenters. The van der Waals surface area contributed by atoms with Crippen LogP contribution in [0, 0.1) is 16.0 Å². The average molecular weight is 357 g/mol. The van der Waals surface area contributed by atoms with Crippen LogP contribution < -0.4 is 0 Å². The SMILES string of the molecule is CCOC(CCC1CCCC=C1C(CCC(=O)OC)[N+](=O)[O-])OCC. The molecule has 1 rings (SSSR count). The van der Waals surface area contributed by atoms with Crippen molar-refractivity contribution in [3.05, 3.63) is 21.8 Å². The molecule has 0 amide bonds. The first-order chi connectivity index (χ1) is 12.0. The zero-order chi connectivity index (χ0) is 18.7. The lowest BCUT2D eigenvalue weighted by molar-refractivity contribution is -0.514. The molecule has 7 nitrogen and oxygen atoms in total. The largest absolute Gasteiger partial charge is 0.469 e. The third-order valence-corrected chi connectivity index (χ3v) is 4.55. The van der Waals surface area contributed by atoms with Crippen LogP contribution in [0.4, 0.5) is 0 Å². The van der Waals surface area contributed by atoms with Gasteiger partial charge in [0.25, 0.3) is 0 Å². The van der Waals surface area contributed by atoms with Crippen LogP contribution in [-0.4, -0.2) is 43.5 Å². The average Bonchev–Trinajstić information content (AvgIpc) is 2.60. The normalized spacial score (nSPS) is 18.7. The Morgan fingerprint density at radius 3 is 2.56 bits per heavy atom. The van der Waals surface area contributed by atoms with Gasteiger partial charge in [0.15, 0.2) is 6.29 Å². The van der Waals surface area contributed by atoms with Crippen molar-refractivity contribution in [2.75, 3.05) is 20.3 Å². The molecule has 0 radical (unpaired) electrons. The summed E-state index contributed by atoms with van der Waals surface area (Å²) in [5, 5.41) is 11.6. The zero-order valence-electron chi connectivity index (χ0n) is 15.6. The van der Waals surface area contributed by atoms with Gasteiger partial charge in [0.1, 0.15) is 0 Å². The van der Waals surface area contributed by atoms with Crippen molar-refractivity contribution in [3.8, 4) is 0 Å². The van der Waals surface area contributed by atoms with Gasteiger partial charge >= 0.3 is 5.97 Å². The maximum atomic E-state index is 11.6. The molecule has 0 aromatic carbocycles. The van der Waals surface area contributed by atoms with Crippen LogP contribution in [0.3, 0.4) is 0 Å². The third kappa shape index (κ3) is 7.52. The summed E-state index contributed by atoms with van der Waals surface area (Å²) < 4.78 is 15.8. The minimum Gasteiger partial charge on any atom is -0.469 e. The third-order valence-electron chi connectivity index (χ3n) is 4.55. The number of allylic oxidation sites excluding steroid dienone is 1. The number of ether oxygens (including phenoxy) is 3. The van der Waals surface area contributed by atoms with Crippen molar-refractivity contribution in [2.45, 2.75) is 71.1 Å². The highest BCUT2D eigenvalue weighted by molar-refractivity contribution is 5.69. The van der Waals surface area contributed by atoms with Crippen LogP contribution in [0.2, 0.25) is 0 Å². The lowest BCUT2D eigenvalue weighted by Crippen LogP contribution is -2.30. The van der Waals surface area contributed by atoms with E-state index in [1.807, 2.05) is 19.9 Å². The van der Waals surface area contributed by atoms with Gasteiger partial charge in [-0.15, -0.1) is 0 Å². The van der Waals surface area contributed by atoms with Crippen molar-refractivity contribution in [3.63, 3.8) is 0 Å². The molecule has 1 aliphatic carbocycles. The molecule has 144 valence electrons. The molecule has 0 heterocycles. The van der Waals surface area contributed by atoms with E-state index in [0.29, 0.717) is 19.6 Å². The summed E-state index contributed by atoms with van der Waals surface area (Å²) >= 11 is 0. The van der Waals surface area contributed by atoms with Crippen LogP contribution in [0.15, 0.2) is 11.6 Å².